The highest BCUT2D eigenvalue weighted by Gasteiger charge is 2.02. The van der Waals surface area contributed by atoms with E-state index < -0.39 is 5.24 Å². The number of carbonyl (C=O) groups excluding carboxylic acids is 1. The molecule has 0 atom stereocenters. The summed E-state index contributed by atoms with van der Waals surface area (Å²) < 4.78 is 1.48. The van der Waals surface area contributed by atoms with E-state index in [2.05, 4.69) is 0 Å². The van der Waals surface area contributed by atoms with E-state index in [1.54, 1.807) is 25.4 Å². The number of aromatic nitrogens is 1. The van der Waals surface area contributed by atoms with Crippen LogP contribution < -0.4 is 5.56 Å². The predicted octanol–water partition coefficient (Wildman–Crippen LogP) is 1.08. The minimum Gasteiger partial charge on any atom is -0.318 e. The van der Waals surface area contributed by atoms with Gasteiger partial charge in [0.05, 0.1) is 0 Å². The molecule has 0 aliphatic heterocycles. The third-order valence-corrected chi connectivity index (χ3v) is 1.98. The molecule has 0 aliphatic carbocycles. The van der Waals surface area contributed by atoms with Crippen LogP contribution >= 0.6 is 11.6 Å². The molecule has 1 aromatic rings. The van der Waals surface area contributed by atoms with E-state index in [-0.39, 0.29) is 12.0 Å². The lowest BCUT2D eigenvalue weighted by Crippen LogP contribution is -2.20. The number of nitrogens with zero attached hydrogens (tertiary/aromatic N) is 1. The molecular formula is C9H10ClNO2. The number of pyridine rings is 1. The molecule has 0 aliphatic rings. The molecule has 0 fully saturated rings. The maximum Gasteiger partial charge on any atom is 0.253 e. The Hall–Kier alpha value is -1.09. The Labute approximate surface area is 80.9 Å². The smallest absolute Gasteiger partial charge is 0.253 e. The van der Waals surface area contributed by atoms with Gasteiger partial charge in [-0.3, -0.25) is 9.59 Å². The Bertz CT molecular complexity index is 370. The molecule has 1 rings (SSSR count). The Morgan fingerprint density at radius 1 is 1.62 bits per heavy atom. The summed E-state index contributed by atoms with van der Waals surface area (Å²) in [5.41, 5.74) is 0.555. The zero-order valence-corrected chi connectivity index (χ0v) is 8.04. The van der Waals surface area contributed by atoms with Gasteiger partial charge in [0.25, 0.3) is 5.56 Å². The monoisotopic (exact) mass is 199 g/mol. The van der Waals surface area contributed by atoms with E-state index in [0.29, 0.717) is 12.0 Å². The first-order valence-electron chi connectivity index (χ1n) is 3.94. The van der Waals surface area contributed by atoms with Crippen LogP contribution in [0.3, 0.4) is 0 Å². The van der Waals surface area contributed by atoms with Crippen LogP contribution in [0.25, 0.3) is 0 Å². The van der Waals surface area contributed by atoms with Crippen molar-refractivity contribution in [2.24, 2.45) is 7.05 Å². The number of hydrogen-bond donors (Lipinski definition) is 0. The molecule has 0 amide bonds. The number of rotatable bonds is 3. The summed E-state index contributed by atoms with van der Waals surface area (Å²) >= 11 is 5.17. The summed E-state index contributed by atoms with van der Waals surface area (Å²) in [6.45, 7) is 0. The van der Waals surface area contributed by atoms with Crippen molar-refractivity contribution < 1.29 is 4.79 Å². The van der Waals surface area contributed by atoms with Gasteiger partial charge in [-0.05, 0) is 24.1 Å². The second kappa shape index (κ2) is 4.23. The number of aryl methyl sites for hydroxylation is 2. The lowest BCUT2D eigenvalue weighted by Gasteiger charge is -2.00. The zero-order valence-electron chi connectivity index (χ0n) is 7.29. The molecule has 0 aromatic carbocycles. The highest BCUT2D eigenvalue weighted by Crippen LogP contribution is 1.98. The average molecular weight is 200 g/mol. The molecule has 0 spiro atoms. The first-order valence-corrected chi connectivity index (χ1v) is 4.32. The molecule has 4 heteroatoms. The molecule has 1 aromatic heterocycles. The van der Waals surface area contributed by atoms with Gasteiger partial charge in [0, 0.05) is 25.2 Å². The maximum absolute atomic E-state index is 11.4. The van der Waals surface area contributed by atoms with Crippen LogP contribution in [-0.4, -0.2) is 9.81 Å². The lowest BCUT2D eigenvalue weighted by molar-refractivity contribution is -0.111. The third-order valence-electron chi connectivity index (χ3n) is 1.79. The first-order chi connectivity index (χ1) is 6.11. The molecular weight excluding hydrogens is 190 g/mol. The number of hydrogen-bond acceptors (Lipinski definition) is 2. The standard InChI is InChI=1S/C9H10ClNO2/c1-11-6-2-3-7(9(11)13)4-5-8(10)12/h2-3,6H,4-5H2,1H3. The molecule has 3 nitrogen and oxygen atoms in total. The van der Waals surface area contributed by atoms with Crippen LogP contribution in [0.2, 0.25) is 0 Å². The fourth-order valence-electron chi connectivity index (χ4n) is 1.08. The minimum atomic E-state index is -0.411. The van der Waals surface area contributed by atoms with Crippen molar-refractivity contribution in [2.75, 3.05) is 0 Å². The molecule has 13 heavy (non-hydrogen) atoms. The molecule has 0 unspecified atom stereocenters. The van der Waals surface area contributed by atoms with Gasteiger partial charge >= 0.3 is 0 Å². The van der Waals surface area contributed by atoms with Crippen LogP contribution in [0.4, 0.5) is 0 Å². The summed E-state index contributed by atoms with van der Waals surface area (Å²) in [7, 11) is 1.67. The first kappa shape index (κ1) is 9.99. The van der Waals surface area contributed by atoms with Gasteiger partial charge in [-0.2, -0.15) is 0 Å². The normalized spacial score (nSPS) is 10.0. The molecule has 0 saturated heterocycles. The largest absolute Gasteiger partial charge is 0.318 e. The second-order valence-corrected chi connectivity index (χ2v) is 3.23. The van der Waals surface area contributed by atoms with Crippen LogP contribution in [-0.2, 0) is 18.3 Å². The quantitative estimate of drug-likeness (QED) is 0.684. The van der Waals surface area contributed by atoms with Gasteiger partial charge < -0.3 is 4.57 Å². The van der Waals surface area contributed by atoms with Crippen molar-refractivity contribution in [3.8, 4) is 0 Å². The summed E-state index contributed by atoms with van der Waals surface area (Å²) in [6.07, 6.45) is 2.30. The summed E-state index contributed by atoms with van der Waals surface area (Å²) in [6, 6.07) is 3.48. The fourth-order valence-corrected chi connectivity index (χ4v) is 1.17. The third kappa shape index (κ3) is 2.70. The Morgan fingerprint density at radius 3 is 2.92 bits per heavy atom. The molecule has 70 valence electrons. The van der Waals surface area contributed by atoms with E-state index in [9.17, 15) is 9.59 Å². The maximum atomic E-state index is 11.4. The van der Waals surface area contributed by atoms with Gasteiger partial charge in [0.1, 0.15) is 0 Å². The highest BCUT2D eigenvalue weighted by atomic mass is 35.5. The second-order valence-electron chi connectivity index (χ2n) is 2.80. The molecule has 0 saturated carbocycles. The van der Waals surface area contributed by atoms with Crippen molar-refractivity contribution in [1.29, 1.82) is 0 Å². The van der Waals surface area contributed by atoms with Gasteiger partial charge in [0.2, 0.25) is 5.24 Å². The summed E-state index contributed by atoms with van der Waals surface area (Å²) in [5, 5.41) is -0.411. The van der Waals surface area contributed by atoms with E-state index in [1.807, 2.05) is 0 Å². The van der Waals surface area contributed by atoms with Crippen molar-refractivity contribution in [1.82, 2.24) is 4.57 Å². The van der Waals surface area contributed by atoms with Crippen molar-refractivity contribution >= 4 is 16.8 Å². The minimum absolute atomic E-state index is 0.0691. The summed E-state index contributed by atoms with van der Waals surface area (Å²) in [5.74, 6) is 0. The fraction of sp³-hybridized carbons (Fsp3) is 0.333. The molecule has 1 heterocycles. The van der Waals surface area contributed by atoms with Crippen LogP contribution in [0.1, 0.15) is 12.0 Å². The zero-order chi connectivity index (χ0) is 9.84. The van der Waals surface area contributed by atoms with Gasteiger partial charge in [-0.1, -0.05) is 6.07 Å². The Morgan fingerprint density at radius 2 is 2.31 bits per heavy atom. The molecule has 0 radical (unpaired) electrons. The number of carbonyl (C=O) groups is 1. The topological polar surface area (TPSA) is 39.1 Å². The molecule has 0 bridgehead atoms. The number of halogens is 1. The van der Waals surface area contributed by atoms with Crippen molar-refractivity contribution in [2.45, 2.75) is 12.8 Å². The molecule has 0 N–H and O–H groups in total. The van der Waals surface area contributed by atoms with Crippen LogP contribution in [0.5, 0.6) is 0 Å². The van der Waals surface area contributed by atoms with Gasteiger partial charge in [0.15, 0.2) is 0 Å². The Balaban J connectivity index is 2.84. The van der Waals surface area contributed by atoms with Crippen molar-refractivity contribution in [3.63, 3.8) is 0 Å². The van der Waals surface area contributed by atoms with Gasteiger partial charge in [-0.25, -0.2) is 0 Å². The van der Waals surface area contributed by atoms with Crippen LogP contribution in [0, 0.1) is 0 Å². The van der Waals surface area contributed by atoms with Gasteiger partial charge in [-0.15, -0.1) is 0 Å². The van der Waals surface area contributed by atoms with E-state index in [1.165, 1.54) is 4.57 Å². The lowest BCUT2D eigenvalue weighted by atomic mass is 10.1. The highest BCUT2D eigenvalue weighted by molar-refractivity contribution is 6.63. The van der Waals surface area contributed by atoms with Crippen LogP contribution in [0.15, 0.2) is 23.1 Å². The van der Waals surface area contributed by atoms with E-state index >= 15 is 0 Å². The SMILES string of the molecule is Cn1cccc(CCC(=O)Cl)c1=O. The summed E-state index contributed by atoms with van der Waals surface area (Å²) in [4.78, 5) is 21.9. The predicted molar refractivity (Wildman–Crippen MR) is 50.9 cm³/mol. The van der Waals surface area contributed by atoms with Crippen molar-refractivity contribution in [3.05, 3.63) is 34.2 Å². The average Bonchev–Trinajstić information content (AvgIpc) is 2.07. The Kier molecular flexibility index (Phi) is 3.25. The van der Waals surface area contributed by atoms with E-state index in [0.717, 1.165) is 0 Å². The van der Waals surface area contributed by atoms with E-state index in [4.69, 9.17) is 11.6 Å².